The largest absolute Gasteiger partial charge is 0.355 e. The number of rotatable bonds is 6. The predicted octanol–water partition coefficient (Wildman–Crippen LogP) is 10.8. The lowest BCUT2D eigenvalue weighted by Crippen LogP contribution is -2.25. The summed E-state index contributed by atoms with van der Waals surface area (Å²) in [5.74, 6) is 0. The molecule has 7 rings (SSSR count). The molecule has 5 aromatic rings. The van der Waals surface area contributed by atoms with Crippen LogP contribution in [-0.2, 0) is 12.1 Å². The van der Waals surface area contributed by atoms with Gasteiger partial charge >= 0.3 is 0 Å². The molecule has 6 heteroatoms. The van der Waals surface area contributed by atoms with E-state index >= 15 is 0 Å². The summed E-state index contributed by atoms with van der Waals surface area (Å²) in [6.07, 6.45) is 8.78. The average molecular weight is 635 g/mol. The number of hydrogen-bond donors (Lipinski definition) is 2. The first-order valence-electron chi connectivity index (χ1n) is 16.3. The number of H-pyrrole nitrogens is 2. The number of aromatic amines is 2. The van der Waals surface area contributed by atoms with Gasteiger partial charge in [-0.3, -0.25) is 0 Å². The van der Waals surface area contributed by atoms with Gasteiger partial charge in [0, 0.05) is 54.9 Å². The monoisotopic (exact) mass is 634 g/mol. The third-order valence-electron chi connectivity index (χ3n) is 8.51. The summed E-state index contributed by atoms with van der Waals surface area (Å²) < 4.78 is 0. The number of nitrogens with one attached hydrogen (secondary N) is 2. The van der Waals surface area contributed by atoms with Gasteiger partial charge in [-0.05, 0) is 77.3 Å². The molecule has 0 aliphatic carbocycles. The van der Waals surface area contributed by atoms with Gasteiger partial charge in [-0.1, -0.05) is 99.9 Å². The Kier molecular flexibility index (Phi) is 7.66. The van der Waals surface area contributed by atoms with Gasteiger partial charge < -0.3 is 9.97 Å². The van der Waals surface area contributed by atoms with Crippen LogP contribution in [-0.4, -0.2) is 36.1 Å². The van der Waals surface area contributed by atoms with E-state index in [9.17, 15) is 0 Å². The van der Waals surface area contributed by atoms with Crippen LogP contribution in [0.3, 0.4) is 0 Å². The average Bonchev–Trinajstić information content (AvgIpc) is 3.84. The van der Waals surface area contributed by atoms with E-state index in [4.69, 9.17) is 9.97 Å². The van der Waals surface area contributed by atoms with Crippen molar-refractivity contribution in [2.24, 2.45) is 0 Å². The molecule has 2 aliphatic heterocycles. The number of nitrogens with zero attached hydrogens (tertiary/aromatic N) is 2. The van der Waals surface area contributed by atoms with Crippen molar-refractivity contribution < 1.29 is 0 Å². The van der Waals surface area contributed by atoms with Crippen LogP contribution in [0.5, 0.6) is 0 Å². The smallest absolute Gasteiger partial charge is 0.0737 e. The Balaban J connectivity index is 1.67. The van der Waals surface area contributed by atoms with Gasteiger partial charge in [-0.2, -0.15) is 0 Å². The molecule has 4 nitrogen and oxygen atoms in total. The minimum Gasteiger partial charge on any atom is -0.355 e. The molecule has 2 aromatic carbocycles. The van der Waals surface area contributed by atoms with E-state index in [1.807, 2.05) is 0 Å². The van der Waals surface area contributed by atoms with Gasteiger partial charge in [0.25, 0.3) is 0 Å². The Morgan fingerprint density at radius 1 is 0.435 bits per heavy atom. The molecule has 0 unspecified atom stereocenters. The fourth-order valence-corrected chi connectivity index (χ4v) is 9.44. The number of hydrogen-bond acceptors (Lipinski definition) is 2. The first-order valence-corrected chi connectivity index (χ1v) is 23.7. The summed E-state index contributed by atoms with van der Waals surface area (Å²) in [6.45, 7) is 14.6. The Hall–Kier alpha value is -4.53. The van der Waals surface area contributed by atoms with Gasteiger partial charge in [-0.25, -0.2) is 9.97 Å². The fourth-order valence-electron chi connectivity index (χ4n) is 6.57. The molecule has 2 N–H and O–H groups in total. The van der Waals surface area contributed by atoms with E-state index in [-0.39, 0.29) is 0 Å². The highest BCUT2D eigenvalue weighted by molar-refractivity contribution is 6.76. The topological polar surface area (TPSA) is 57.4 Å². The van der Waals surface area contributed by atoms with E-state index in [0.717, 1.165) is 79.2 Å². The molecule has 0 atom stereocenters. The van der Waals surface area contributed by atoms with E-state index in [1.54, 1.807) is 0 Å². The Labute approximate surface area is 274 Å². The van der Waals surface area contributed by atoms with Crippen LogP contribution in [0.4, 0.5) is 0 Å². The quantitative estimate of drug-likeness (QED) is 0.179. The maximum absolute atomic E-state index is 5.37. The second-order valence-electron chi connectivity index (χ2n) is 14.9. The van der Waals surface area contributed by atoms with Crippen molar-refractivity contribution in [1.29, 1.82) is 0 Å². The zero-order valence-electron chi connectivity index (χ0n) is 27.7. The minimum atomic E-state index is -1.53. The van der Waals surface area contributed by atoms with Crippen molar-refractivity contribution in [2.45, 2.75) is 51.4 Å². The van der Waals surface area contributed by atoms with E-state index < -0.39 is 16.1 Å². The lowest BCUT2D eigenvalue weighted by atomic mass is 10.0. The van der Waals surface area contributed by atoms with E-state index in [0.29, 0.717) is 0 Å². The predicted molar refractivity (Wildman–Crippen MR) is 204 cm³/mol. The molecule has 0 amide bonds. The molecule has 46 heavy (non-hydrogen) atoms. The minimum absolute atomic E-state index is 0.979. The first kappa shape index (κ1) is 30.1. The van der Waals surface area contributed by atoms with Crippen LogP contribution >= 0.6 is 0 Å². The standard InChI is InChI=1S/C40H42N4Si2/c1-45(2,3)25-29-31-17-21-35(41-31)39(27-13-9-7-10-14-27)37-23-19-33(43-37)30(26-46(4,5)6)34-20-24-38(44-34)40(28-15-11-8-12-16-28)36-22-18-32(29)42-36/h7-24,41-42H,25-26H2,1-6H3. The second kappa shape index (κ2) is 11.7. The zero-order chi connectivity index (χ0) is 32.1. The third kappa shape index (κ3) is 6.15. The SMILES string of the molecule is C[Si](C)(C)Cc1c2nc(c(-c3ccccc3)c3ccc([nH]3)c(C[Si](C)(C)C)c3ccc([nH]3)c(-c3ccccc3)c3nc1C=C3)C=C2. The van der Waals surface area contributed by atoms with Crippen molar-refractivity contribution in [3.05, 3.63) is 119 Å². The number of benzene rings is 2. The lowest BCUT2D eigenvalue weighted by molar-refractivity contribution is 1.17. The van der Waals surface area contributed by atoms with Crippen LogP contribution in [0.15, 0.2) is 84.9 Å². The van der Waals surface area contributed by atoms with Crippen LogP contribution in [0.2, 0.25) is 39.3 Å². The maximum atomic E-state index is 5.37. The molecule has 2 aliphatic rings. The zero-order valence-corrected chi connectivity index (χ0v) is 29.7. The summed E-state index contributed by atoms with van der Waals surface area (Å²) in [7, 11) is -3.02. The van der Waals surface area contributed by atoms with Gasteiger partial charge in [-0.15, -0.1) is 0 Å². The van der Waals surface area contributed by atoms with Gasteiger partial charge in [0.2, 0.25) is 0 Å². The molecule has 0 radical (unpaired) electrons. The van der Waals surface area contributed by atoms with E-state index in [2.05, 4.69) is 158 Å². The van der Waals surface area contributed by atoms with Crippen molar-refractivity contribution in [3.8, 4) is 22.3 Å². The Bertz CT molecular complexity index is 2020. The molecule has 0 spiro atoms. The second-order valence-corrected chi connectivity index (χ2v) is 25.9. The number of aromatic nitrogens is 4. The first-order chi connectivity index (χ1) is 22.0. The molecule has 230 valence electrons. The van der Waals surface area contributed by atoms with Gasteiger partial charge in [0.05, 0.1) is 22.8 Å². The van der Waals surface area contributed by atoms with Crippen LogP contribution < -0.4 is 0 Å². The van der Waals surface area contributed by atoms with Crippen molar-refractivity contribution in [3.63, 3.8) is 0 Å². The molecule has 5 heterocycles. The molecule has 0 saturated heterocycles. The van der Waals surface area contributed by atoms with Crippen LogP contribution in [0.25, 0.3) is 68.6 Å². The summed E-state index contributed by atoms with van der Waals surface area (Å²) >= 11 is 0. The lowest BCUT2D eigenvalue weighted by Gasteiger charge is -2.17. The Morgan fingerprint density at radius 2 is 0.804 bits per heavy atom. The van der Waals surface area contributed by atoms with Crippen molar-refractivity contribution in [2.75, 3.05) is 0 Å². The fraction of sp³-hybridized carbons (Fsp3) is 0.200. The highest BCUT2D eigenvalue weighted by atomic mass is 28.3. The third-order valence-corrected chi connectivity index (χ3v) is 11.3. The summed E-state index contributed by atoms with van der Waals surface area (Å²) in [5, 5.41) is 0. The molecule has 8 bridgehead atoms. The highest BCUT2D eigenvalue weighted by Crippen LogP contribution is 2.35. The summed E-state index contributed by atoms with van der Waals surface area (Å²) in [4.78, 5) is 18.5. The molecule has 3 aromatic heterocycles. The molecule has 0 fully saturated rings. The van der Waals surface area contributed by atoms with Crippen molar-refractivity contribution in [1.82, 2.24) is 19.9 Å². The normalized spacial score (nSPS) is 13.0. The summed E-state index contributed by atoms with van der Waals surface area (Å²) in [6, 6.07) is 32.3. The van der Waals surface area contributed by atoms with Crippen molar-refractivity contribution >= 4 is 62.5 Å². The Morgan fingerprint density at radius 3 is 1.22 bits per heavy atom. The molecular formula is C40H42N4Si2. The van der Waals surface area contributed by atoms with Crippen LogP contribution in [0.1, 0.15) is 33.9 Å². The molecule has 0 saturated carbocycles. The van der Waals surface area contributed by atoms with Gasteiger partial charge in [0.15, 0.2) is 0 Å². The number of fused-ring (bicyclic) bond motifs is 8. The van der Waals surface area contributed by atoms with E-state index in [1.165, 1.54) is 11.1 Å². The van der Waals surface area contributed by atoms with Crippen LogP contribution in [0, 0.1) is 0 Å². The summed E-state index contributed by atoms with van der Waals surface area (Å²) in [5.41, 5.74) is 15.5. The van der Waals surface area contributed by atoms with Gasteiger partial charge in [0.1, 0.15) is 0 Å². The maximum Gasteiger partial charge on any atom is 0.0737 e. The highest BCUT2D eigenvalue weighted by Gasteiger charge is 2.23. The molecular weight excluding hydrogens is 593 g/mol.